The molecule has 0 aromatic rings. The third-order valence-electron chi connectivity index (χ3n) is 9.45. The molecule has 3 saturated carbocycles. The van der Waals surface area contributed by atoms with Gasteiger partial charge >= 0.3 is 5.97 Å². The Kier molecular flexibility index (Phi) is 6.24. The number of fused-ring (bicyclic) bond motifs is 5. The Morgan fingerprint density at radius 1 is 1.24 bits per heavy atom. The van der Waals surface area contributed by atoms with Gasteiger partial charge in [-0.1, -0.05) is 38.8 Å². The quantitative estimate of drug-likeness (QED) is 0.381. The van der Waals surface area contributed by atoms with Crippen molar-refractivity contribution in [3.8, 4) is 0 Å². The topological polar surface area (TPSA) is 77.5 Å². The third-order valence-corrected chi connectivity index (χ3v) is 9.69. The monoisotopic (exact) mass is 492 g/mol. The van der Waals surface area contributed by atoms with Gasteiger partial charge in [-0.25, -0.2) is 4.39 Å². The molecule has 7 atom stereocenters. The van der Waals surface area contributed by atoms with Crippen molar-refractivity contribution in [1.82, 2.24) is 0 Å². The number of carbonyl (C=O) groups is 4. The van der Waals surface area contributed by atoms with Crippen LogP contribution in [0.5, 0.6) is 0 Å². The van der Waals surface area contributed by atoms with Crippen LogP contribution in [-0.4, -0.2) is 40.5 Å². The highest BCUT2D eigenvalue weighted by molar-refractivity contribution is 6.29. The maximum absolute atomic E-state index is 17.2. The van der Waals surface area contributed by atoms with E-state index in [4.69, 9.17) is 16.3 Å². The predicted octanol–water partition coefficient (Wildman–Crippen LogP) is 5.09. The number of Topliss-reactive ketones (excluding diaryl/α,β-unsaturated/α-hetero) is 2. The van der Waals surface area contributed by atoms with Crippen LogP contribution in [0.1, 0.15) is 72.6 Å². The molecule has 4 aliphatic rings. The second kappa shape index (κ2) is 8.39. The lowest BCUT2D eigenvalue weighted by Gasteiger charge is -2.61. The molecule has 0 aliphatic heterocycles. The number of halogens is 2. The summed E-state index contributed by atoms with van der Waals surface area (Å²) in [6.45, 7) is 7.44. The number of hydrogen-bond acceptors (Lipinski definition) is 5. The maximum atomic E-state index is 17.2. The van der Waals surface area contributed by atoms with Crippen LogP contribution in [0.15, 0.2) is 23.8 Å². The maximum Gasteiger partial charge on any atom is 0.306 e. The highest BCUT2D eigenvalue weighted by atomic mass is 35.5. The van der Waals surface area contributed by atoms with E-state index in [2.05, 4.69) is 0 Å². The van der Waals surface area contributed by atoms with E-state index < -0.39 is 45.6 Å². The van der Waals surface area contributed by atoms with E-state index in [1.807, 2.05) is 13.8 Å². The summed E-state index contributed by atoms with van der Waals surface area (Å²) in [4.78, 5) is 51.9. The number of unbranched alkanes of at least 4 members (excludes halogenated alkanes) is 1. The molecule has 0 unspecified atom stereocenters. The number of esters is 1. The Morgan fingerprint density at radius 3 is 2.59 bits per heavy atom. The number of ketones is 3. The Hall–Kier alpha value is -1.82. The minimum absolute atomic E-state index is 0.103. The van der Waals surface area contributed by atoms with E-state index in [1.165, 1.54) is 12.2 Å². The lowest BCUT2D eigenvalue weighted by atomic mass is 9.43. The van der Waals surface area contributed by atoms with Crippen LogP contribution >= 0.6 is 11.6 Å². The van der Waals surface area contributed by atoms with Gasteiger partial charge in [0.2, 0.25) is 0 Å². The summed E-state index contributed by atoms with van der Waals surface area (Å²) >= 11 is 6.01. The number of allylic oxidation sites excluding steroid dienone is 4. The lowest BCUT2D eigenvalue weighted by molar-refractivity contribution is -0.198. The van der Waals surface area contributed by atoms with Gasteiger partial charge in [0, 0.05) is 29.6 Å². The van der Waals surface area contributed by atoms with Crippen LogP contribution < -0.4 is 0 Å². The van der Waals surface area contributed by atoms with E-state index in [-0.39, 0.29) is 42.8 Å². The first kappa shape index (κ1) is 25.3. The van der Waals surface area contributed by atoms with Crippen molar-refractivity contribution in [3.63, 3.8) is 0 Å². The molecule has 0 aromatic heterocycles. The number of hydrogen-bond donors (Lipinski definition) is 0. The van der Waals surface area contributed by atoms with Crippen LogP contribution in [0.3, 0.4) is 0 Å². The molecule has 0 radical (unpaired) electrons. The highest BCUT2D eigenvalue weighted by Gasteiger charge is 2.76. The molecule has 0 N–H and O–H groups in total. The van der Waals surface area contributed by atoms with Gasteiger partial charge < -0.3 is 4.74 Å². The molecule has 0 spiro atoms. The van der Waals surface area contributed by atoms with Gasteiger partial charge in [-0.15, -0.1) is 11.6 Å². The number of carbonyl (C=O) groups excluding carboxylic acids is 4. The Bertz CT molecular complexity index is 1000. The fourth-order valence-corrected chi connectivity index (χ4v) is 7.89. The summed E-state index contributed by atoms with van der Waals surface area (Å²) in [6.07, 6.45) is 6.89. The van der Waals surface area contributed by atoms with Gasteiger partial charge in [0.25, 0.3) is 0 Å². The molecule has 4 aliphatic carbocycles. The fourth-order valence-electron chi connectivity index (χ4n) is 7.68. The Morgan fingerprint density at radius 2 is 1.94 bits per heavy atom. The third kappa shape index (κ3) is 3.16. The number of rotatable bonds is 6. The van der Waals surface area contributed by atoms with Gasteiger partial charge in [0.1, 0.15) is 0 Å². The first-order valence-corrected chi connectivity index (χ1v) is 12.9. The number of alkyl halides is 2. The van der Waals surface area contributed by atoms with Crippen molar-refractivity contribution in [1.29, 1.82) is 0 Å². The summed E-state index contributed by atoms with van der Waals surface area (Å²) in [7, 11) is 0. The molecule has 0 bridgehead atoms. The molecule has 0 aromatic carbocycles. The van der Waals surface area contributed by atoms with Crippen molar-refractivity contribution < 1.29 is 28.3 Å². The van der Waals surface area contributed by atoms with Crippen molar-refractivity contribution in [2.24, 2.45) is 28.6 Å². The molecule has 3 fully saturated rings. The molecule has 4 rings (SSSR count). The number of ether oxygens (including phenoxy) is 1. The van der Waals surface area contributed by atoms with Crippen LogP contribution in [0, 0.1) is 28.6 Å². The van der Waals surface area contributed by atoms with Crippen molar-refractivity contribution >= 4 is 34.9 Å². The summed E-state index contributed by atoms with van der Waals surface area (Å²) in [6, 6.07) is 0. The van der Waals surface area contributed by atoms with Crippen molar-refractivity contribution in [3.05, 3.63) is 23.8 Å². The molecular formula is C27H34ClFO5. The Labute approximate surface area is 205 Å². The highest BCUT2D eigenvalue weighted by Crippen LogP contribution is 2.70. The summed E-state index contributed by atoms with van der Waals surface area (Å²) in [5, 5.41) is 0. The molecule has 5 nitrogen and oxygen atoms in total. The minimum atomic E-state index is -2.20. The van der Waals surface area contributed by atoms with Crippen LogP contribution in [0.4, 0.5) is 4.39 Å². The zero-order valence-electron chi connectivity index (χ0n) is 20.4. The molecular weight excluding hydrogens is 459 g/mol. The standard InChI is InChI=1S/C27H34ClFO5/c1-5-6-7-23(33)34-26(22(32)15-28)11-9-18-20-12-16(2)19-13-17(30)8-10-24(19,3)27(20,29)21(31)14-25(18,26)4/h8,10,13,16,18,20H,5-7,9,11-12,14-15H2,1-4H3/t16-,18-,20-,24-,25-,26+,27-/m0/s1. The van der Waals surface area contributed by atoms with E-state index in [9.17, 15) is 19.2 Å². The molecule has 7 heteroatoms. The zero-order valence-corrected chi connectivity index (χ0v) is 21.2. The summed E-state index contributed by atoms with van der Waals surface area (Å²) in [5.41, 5.74) is -5.33. The van der Waals surface area contributed by atoms with Crippen LogP contribution in [0.2, 0.25) is 0 Å². The SMILES string of the molecule is CCCCC(=O)O[C@@]1(C(=O)CCl)CC[C@H]2[C@@H]3C[C@H](C)C4=CC(=O)C=C[C@]4(C)[C@@]3(F)C(=O)C[C@@]21C. The smallest absolute Gasteiger partial charge is 0.306 e. The second-order valence-electron chi connectivity index (χ2n) is 11.1. The van der Waals surface area contributed by atoms with E-state index >= 15 is 4.39 Å². The average Bonchev–Trinajstić information content (AvgIpc) is 3.07. The van der Waals surface area contributed by atoms with Crippen LogP contribution in [0.25, 0.3) is 0 Å². The van der Waals surface area contributed by atoms with Gasteiger partial charge in [-0.3, -0.25) is 19.2 Å². The van der Waals surface area contributed by atoms with Crippen molar-refractivity contribution in [2.45, 2.75) is 83.9 Å². The van der Waals surface area contributed by atoms with E-state index in [0.29, 0.717) is 24.8 Å². The summed E-state index contributed by atoms with van der Waals surface area (Å²) < 4.78 is 23.2. The molecule has 0 amide bonds. The minimum Gasteiger partial charge on any atom is -0.450 e. The van der Waals surface area contributed by atoms with Crippen LogP contribution in [-0.2, 0) is 23.9 Å². The van der Waals surface area contributed by atoms with Crippen molar-refractivity contribution in [2.75, 3.05) is 5.88 Å². The predicted molar refractivity (Wildman–Crippen MR) is 126 cm³/mol. The Balaban J connectivity index is 1.79. The van der Waals surface area contributed by atoms with E-state index in [0.717, 1.165) is 6.42 Å². The first-order valence-electron chi connectivity index (χ1n) is 12.4. The fraction of sp³-hybridized carbons (Fsp3) is 0.704. The van der Waals surface area contributed by atoms with Gasteiger partial charge in [-0.2, -0.15) is 0 Å². The van der Waals surface area contributed by atoms with E-state index in [1.54, 1.807) is 19.9 Å². The summed E-state index contributed by atoms with van der Waals surface area (Å²) in [5.74, 6) is -3.11. The normalized spacial score (nSPS) is 43.0. The molecule has 0 saturated heterocycles. The largest absolute Gasteiger partial charge is 0.450 e. The van der Waals surface area contributed by atoms with Gasteiger partial charge in [-0.05, 0) is 56.6 Å². The second-order valence-corrected chi connectivity index (χ2v) is 11.4. The molecule has 0 heterocycles. The average molecular weight is 493 g/mol. The van der Waals surface area contributed by atoms with Gasteiger partial charge in [0.15, 0.2) is 28.6 Å². The molecule has 186 valence electrons. The zero-order chi connectivity index (χ0) is 25.1. The lowest BCUT2D eigenvalue weighted by Crippen LogP contribution is -2.69. The molecule has 34 heavy (non-hydrogen) atoms. The van der Waals surface area contributed by atoms with Gasteiger partial charge in [0.05, 0.1) is 5.88 Å². The first-order chi connectivity index (χ1) is 15.9.